The monoisotopic (exact) mass is 328 g/mol. The minimum atomic E-state index is -0.381. The quantitative estimate of drug-likeness (QED) is 0.771. The van der Waals surface area contributed by atoms with Gasteiger partial charge in [0.25, 0.3) is 5.91 Å². The van der Waals surface area contributed by atoms with E-state index in [2.05, 4.69) is 15.4 Å². The van der Waals surface area contributed by atoms with E-state index < -0.39 is 0 Å². The lowest BCUT2D eigenvalue weighted by Crippen LogP contribution is -2.14. The number of carbonyl (C=O) groups excluding carboxylic acids is 1. The van der Waals surface area contributed by atoms with Crippen molar-refractivity contribution in [2.45, 2.75) is 6.61 Å². The lowest BCUT2D eigenvalue weighted by Gasteiger charge is -2.07. The fraction of sp³-hybridized carbons (Fsp3) is 0.0625. The summed E-state index contributed by atoms with van der Waals surface area (Å²) in [7, 11) is 0. The molecule has 2 aromatic heterocycles. The molecule has 0 saturated carbocycles. The van der Waals surface area contributed by atoms with E-state index in [0.717, 1.165) is 5.69 Å². The topological polar surface area (TPSA) is 80.0 Å². The van der Waals surface area contributed by atoms with E-state index in [-0.39, 0.29) is 18.2 Å². The average molecular weight is 329 g/mol. The summed E-state index contributed by atoms with van der Waals surface area (Å²) in [4.78, 5) is 16.2. The number of carbonyl (C=O) groups is 1. The molecule has 3 rings (SSSR count). The molecular formula is C16H13ClN4O2. The van der Waals surface area contributed by atoms with E-state index >= 15 is 0 Å². The molecule has 0 aliphatic heterocycles. The molecule has 0 aliphatic carbocycles. The predicted molar refractivity (Wildman–Crippen MR) is 86.7 cm³/mol. The highest BCUT2D eigenvalue weighted by Crippen LogP contribution is 2.16. The molecule has 0 unspecified atom stereocenters. The highest BCUT2D eigenvalue weighted by Gasteiger charge is 2.12. The third-order valence-electron chi connectivity index (χ3n) is 3.22. The Morgan fingerprint density at radius 1 is 1.30 bits per heavy atom. The van der Waals surface area contributed by atoms with Crippen molar-refractivity contribution in [1.82, 2.24) is 14.8 Å². The highest BCUT2D eigenvalue weighted by atomic mass is 35.5. The Labute approximate surface area is 137 Å². The van der Waals surface area contributed by atoms with E-state index in [1.54, 1.807) is 41.3 Å². The second kappa shape index (κ2) is 6.60. The summed E-state index contributed by atoms with van der Waals surface area (Å²) >= 11 is 5.95. The normalized spacial score (nSPS) is 10.5. The Hall–Kier alpha value is -2.70. The third kappa shape index (κ3) is 3.39. The lowest BCUT2D eigenvalue weighted by atomic mass is 10.2. The SMILES string of the molecule is O=C(Nc1cnccc1CO)c1ccn(-c2cccc(Cl)c2)n1. The molecule has 3 aromatic rings. The second-order valence-corrected chi connectivity index (χ2v) is 5.21. The smallest absolute Gasteiger partial charge is 0.276 e. The number of nitrogens with one attached hydrogen (secondary N) is 1. The zero-order valence-corrected chi connectivity index (χ0v) is 12.7. The van der Waals surface area contributed by atoms with Crippen LogP contribution in [0.5, 0.6) is 0 Å². The van der Waals surface area contributed by atoms with Crippen LogP contribution in [0.1, 0.15) is 16.1 Å². The molecule has 2 heterocycles. The number of aliphatic hydroxyl groups is 1. The number of pyridine rings is 1. The highest BCUT2D eigenvalue weighted by molar-refractivity contribution is 6.30. The van der Waals surface area contributed by atoms with Gasteiger partial charge in [0.1, 0.15) is 0 Å². The van der Waals surface area contributed by atoms with Crippen molar-refractivity contribution >= 4 is 23.2 Å². The van der Waals surface area contributed by atoms with Crippen molar-refractivity contribution in [1.29, 1.82) is 0 Å². The number of rotatable bonds is 4. The van der Waals surface area contributed by atoms with Gasteiger partial charge in [-0.25, -0.2) is 4.68 Å². The van der Waals surface area contributed by atoms with E-state index in [0.29, 0.717) is 16.3 Å². The van der Waals surface area contributed by atoms with Gasteiger partial charge in [0, 0.05) is 23.0 Å². The average Bonchev–Trinajstić information content (AvgIpc) is 3.05. The van der Waals surface area contributed by atoms with E-state index in [4.69, 9.17) is 11.6 Å². The first-order valence-electron chi connectivity index (χ1n) is 6.84. The summed E-state index contributed by atoms with van der Waals surface area (Å²) < 4.78 is 1.57. The van der Waals surface area contributed by atoms with Gasteiger partial charge in [0.2, 0.25) is 0 Å². The minimum Gasteiger partial charge on any atom is -0.392 e. The number of anilines is 1. The maximum absolute atomic E-state index is 12.3. The van der Waals surface area contributed by atoms with Crippen LogP contribution in [0.4, 0.5) is 5.69 Å². The van der Waals surface area contributed by atoms with Gasteiger partial charge in [-0.05, 0) is 30.3 Å². The number of amides is 1. The van der Waals surface area contributed by atoms with Gasteiger partial charge in [-0.2, -0.15) is 5.10 Å². The number of benzene rings is 1. The summed E-state index contributed by atoms with van der Waals surface area (Å²) in [6.07, 6.45) is 4.71. The molecule has 6 nitrogen and oxygen atoms in total. The maximum atomic E-state index is 12.3. The van der Waals surface area contributed by atoms with Crippen LogP contribution in [0.25, 0.3) is 5.69 Å². The van der Waals surface area contributed by atoms with Crippen molar-refractivity contribution in [3.05, 3.63) is 71.3 Å². The fourth-order valence-electron chi connectivity index (χ4n) is 2.07. The van der Waals surface area contributed by atoms with Gasteiger partial charge in [-0.15, -0.1) is 0 Å². The Morgan fingerprint density at radius 3 is 2.96 bits per heavy atom. The zero-order chi connectivity index (χ0) is 16.2. The Kier molecular flexibility index (Phi) is 4.36. The summed E-state index contributed by atoms with van der Waals surface area (Å²) in [6, 6.07) is 10.4. The lowest BCUT2D eigenvalue weighted by molar-refractivity contribution is 0.102. The van der Waals surface area contributed by atoms with Gasteiger partial charge >= 0.3 is 0 Å². The number of hydrogen-bond acceptors (Lipinski definition) is 4. The van der Waals surface area contributed by atoms with Crippen molar-refractivity contribution in [3.8, 4) is 5.69 Å². The van der Waals surface area contributed by atoms with Crippen molar-refractivity contribution in [2.75, 3.05) is 5.32 Å². The van der Waals surface area contributed by atoms with Gasteiger partial charge in [0.15, 0.2) is 5.69 Å². The van der Waals surface area contributed by atoms with Gasteiger partial charge in [-0.1, -0.05) is 17.7 Å². The van der Waals surface area contributed by atoms with Crippen LogP contribution in [-0.2, 0) is 6.61 Å². The molecular weight excluding hydrogens is 316 g/mol. The number of aliphatic hydroxyl groups excluding tert-OH is 1. The first-order valence-corrected chi connectivity index (χ1v) is 7.22. The molecule has 0 atom stereocenters. The van der Waals surface area contributed by atoms with Crippen molar-refractivity contribution in [3.63, 3.8) is 0 Å². The number of hydrogen-bond donors (Lipinski definition) is 2. The zero-order valence-electron chi connectivity index (χ0n) is 12.0. The molecule has 0 saturated heterocycles. The van der Waals surface area contributed by atoms with Crippen molar-refractivity contribution < 1.29 is 9.90 Å². The molecule has 116 valence electrons. The van der Waals surface area contributed by atoms with Crippen LogP contribution >= 0.6 is 11.6 Å². The van der Waals surface area contributed by atoms with E-state index in [9.17, 15) is 9.90 Å². The summed E-state index contributed by atoms with van der Waals surface area (Å²) in [5, 5.41) is 16.8. The maximum Gasteiger partial charge on any atom is 0.276 e. The Morgan fingerprint density at radius 2 is 2.17 bits per heavy atom. The van der Waals surface area contributed by atoms with E-state index in [1.807, 2.05) is 12.1 Å². The van der Waals surface area contributed by atoms with Crippen LogP contribution in [0.3, 0.4) is 0 Å². The van der Waals surface area contributed by atoms with Crippen LogP contribution < -0.4 is 5.32 Å². The van der Waals surface area contributed by atoms with Gasteiger partial charge in [-0.3, -0.25) is 9.78 Å². The largest absolute Gasteiger partial charge is 0.392 e. The molecule has 0 aliphatic rings. The minimum absolute atomic E-state index is 0.185. The van der Waals surface area contributed by atoms with Crippen molar-refractivity contribution in [2.24, 2.45) is 0 Å². The summed E-state index contributed by atoms with van der Waals surface area (Å²) in [5.41, 5.74) is 2.05. The predicted octanol–water partition coefficient (Wildman–Crippen LogP) is 2.67. The summed E-state index contributed by atoms with van der Waals surface area (Å²) in [6.45, 7) is -0.185. The van der Waals surface area contributed by atoms with Gasteiger partial charge < -0.3 is 10.4 Å². The molecule has 7 heteroatoms. The van der Waals surface area contributed by atoms with Gasteiger partial charge in [0.05, 0.1) is 24.2 Å². The van der Waals surface area contributed by atoms with Crippen LogP contribution in [0.2, 0.25) is 5.02 Å². The van der Waals surface area contributed by atoms with E-state index in [1.165, 1.54) is 6.20 Å². The Bertz CT molecular complexity index is 847. The summed E-state index contributed by atoms with van der Waals surface area (Å²) in [5.74, 6) is -0.381. The molecule has 0 spiro atoms. The Balaban J connectivity index is 1.81. The molecule has 0 bridgehead atoms. The number of nitrogens with zero attached hydrogens (tertiary/aromatic N) is 3. The molecule has 0 radical (unpaired) electrons. The molecule has 0 fully saturated rings. The first kappa shape index (κ1) is 15.2. The molecule has 2 N–H and O–H groups in total. The molecule has 23 heavy (non-hydrogen) atoms. The number of aromatic nitrogens is 3. The molecule has 1 amide bonds. The third-order valence-corrected chi connectivity index (χ3v) is 3.46. The van der Waals surface area contributed by atoms with Crippen LogP contribution in [-0.4, -0.2) is 25.8 Å². The standard InChI is InChI=1S/C16H13ClN4O2/c17-12-2-1-3-13(8-12)21-7-5-14(20-21)16(23)19-15-9-18-6-4-11(15)10-22/h1-9,22H,10H2,(H,19,23). The van der Waals surface area contributed by atoms with Crippen LogP contribution in [0, 0.1) is 0 Å². The molecule has 1 aromatic carbocycles. The first-order chi connectivity index (χ1) is 11.2. The fourth-order valence-corrected chi connectivity index (χ4v) is 2.25. The second-order valence-electron chi connectivity index (χ2n) is 4.77. The van der Waals surface area contributed by atoms with Crippen LogP contribution in [0.15, 0.2) is 55.0 Å². The number of halogens is 1.